The van der Waals surface area contributed by atoms with Gasteiger partial charge >= 0.3 is 0 Å². The summed E-state index contributed by atoms with van der Waals surface area (Å²) in [5.74, 6) is -0.311. The Kier molecular flexibility index (Phi) is 4.03. The minimum Gasteiger partial charge on any atom is -0.317 e. The first-order valence-corrected chi connectivity index (χ1v) is 6.58. The van der Waals surface area contributed by atoms with Crippen LogP contribution in [-0.2, 0) is 11.2 Å². The Morgan fingerprint density at radius 1 is 1.44 bits per heavy atom. The number of ketones is 1. The zero-order valence-corrected chi connectivity index (χ0v) is 11.2. The molecule has 0 saturated carbocycles. The Labute approximate surface area is 112 Å². The average Bonchev–Trinajstić information content (AvgIpc) is 2.36. The third-order valence-electron chi connectivity index (χ3n) is 3.76. The lowest BCUT2D eigenvalue weighted by Crippen LogP contribution is -2.40. The molecule has 0 bridgehead atoms. The van der Waals surface area contributed by atoms with E-state index in [1.807, 2.05) is 6.92 Å². The number of hydrogen-bond donors (Lipinski definition) is 1. The predicted octanol–water partition coefficient (Wildman–Crippen LogP) is 2.98. The van der Waals surface area contributed by atoms with E-state index in [0.29, 0.717) is 5.56 Å². The van der Waals surface area contributed by atoms with Gasteiger partial charge in [-0.3, -0.25) is 4.79 Å². The van der Waals surface area contributed by atoms with Gasteiger partial charge in [0.05, 0.1) is 5.02 Å². The first-order chi connectivity index (χ1) is 8.53. The van der Waals surface area contributed by atoms with Crippen LogP contribution in [0.5, 0.6) is 0 Å². The second-order valence-corrected chi connectivity index (χ2v) is 5.50. The minimum absolute atomic E-state index is 0.0726. The summed E-state index contributed by atoms with van der Waals surface area (Å²) >= 11 is 5.88. The van der Waals surface area contributed by atoms with Crippen LogP contribution in [0.25, 0.3) is 0 Å². The quantitative estimate of drug-likeness (QED) is 0.914. The van der Waals surface area contributed by atoms with E-state index in [1.54, 1.807) is 12.1 Å². The van der Waals surface area contributed by atoms with Crippen molar-refractivity contribution in [2.24, 2.45) is 5.41 Å². The molecule has 98 valence electrons. The fraction of sp³-hybridized carbons (Fsp3) is 0.500. The Hall–Kier alpha value is -0.930. The smallest absolute Gasteiger partial charge is 0.143 e. The lowest BCUT2D eigenvalue weighted by atomic mass is 9.75. The van der Waals surface area contributed by atoms with E-state index in [4.69, 9.17) is 11.6 Å². The maximum Gasteiger partial charge on any atom is 0.143 e. The normalized spacial score (nSPS) is 18.6. The molecule has 0 atom stereocenters. The Morgan fingerprint density at radius 2 is 2.11 bits per heavy atom. The van der Waals surface area contributed by atoms with E-state index in [2.05, 4.69) is 5.32 Å². The van der Waals surface area contributed by atoms with Gasteiger partial charge in [-0.1, -0.05) is 30.7 Å². The summed E-state index contributed by atoms with van der Waals surface area (Å²) < 4.78 is 13.3. The molecule has 0 aliphatic carbocycles. The second kappa shape index (κ2) is 5.37. The van der Waals surface area contributed by atoms with Crippen LogP contribution in [0, 0.1) is 11.2 Å². The van der Waals surface area contributed by atoms with E-state index in [-0.39, 0.29) is 22.6 Å². The van der Waals surface area contributed by atoms with Crippen LogP contribution in [0.2, 0.25) is 5.02 Å². The minimum atomic E-state index is -0.461. The molecular formula is C14H17ClFNO. The lowest BCUT2D eigenvalue weighted by molar-refractivity contribution is -0.128. The molecule has 0 amide bonds. The molecule has 2 nitrogen and oxygen atoms in total. The van der Waals surface area contributed by atoms with Gasteiger partial charge in [0.2, 0.25) is 0 Å². The number of benzene rings is 1. The highest BCUT2D eigenvalue weighted by molar-refractivity contribution is 6.31. The lowest BCUT2D eigenvalue weighted by Gasteiger charge is -2.32. The monoisotopic (exact) mass is 269 g/mol. The summed E-state index contributed by atoms with van der Waals surface area (Å²) in [7, 11) is 0. The van der Waals surface area contributed by atoms with Crippen molar-refractivity contribution in [1.29, 1.82) is 0 Å². The molecule has 1 fully saturated rings. The van der Waals surface area contributed by atoms with Crippen molar-refractivity contribution in [2.45, 2.75) is 26.2 Å². The first-order valence-electron chi connectivity index (χ1n) is 6.20. The molecular weight excluding hydrogens is 253 g/mol. The number of halogens is 2. The van der Waals surface area contributed by atoms with Crippen molar-refractivity contribution in [1.82, 2.24) is 5.32 Å². The molecule has 1 saturated heterocycles. The number of carbonyl (C=O) groups is 1. The SMILES string of the molecule is CC1(C(=O)Cc2cccc(F)c2Cl)CCNCC1. The highest BCUT2D eigenvalue weighted by Crippen LogP contribution is 2.31. The van der Waals surface area contributed by atoms with Gasteiger partial charge in [-0.15, -0.1) is 0 Å². The topological polar surface area (TPSA) is 29.1 Å². The molecule has 1 aliphatic rings. The van der Waals surface area contributed by atoms with Crippen LogP contribution >= 0.6 is 11.6 Å². The van der Waals surface area contributed by atoms with Gasteiger partial charge < -0.3 is 5.32 Å². The molecule has 1 heterocycles. The fourth-order valence-corrected chi connectivity index (χ4v) is 2.52. The van der Waals surface area contributed by atoms with Gasteiger partial charge in [-0.2, -0.15) is 0 Å². The number of Topliss-reactive ketones (excluding diaryl/α,β-unsaturated/α-hetero) is 1. The van der Waals surface area contributed by atoms with Crippen LogP contribution < -0.4 is 5.32 Å². The van der Waals surface area contributed by atoms with Crippen LogP contribution in [-0.4, -0.2) is 18.9 Å². The van der Waals surface area contributed by atoms with Gasteiger partial charge in [0.25, 0.3) is 0 Å². The Bertz CT molecular complexity index is 455. The van der Waals surface area contributed by atoms with Crippen molar-refractivity contribution in [3.05, 3.63) is 34.6 Å². The number of piperidine rings is 1. The summed E-state index contributed by atoms with van der Waals surface area (Å²) in [6.45, 7) is 3.71. The largest absolute Gasteiger partial charge is 0.317 e. The maximum atomic E-state index is 13.3. The first kappa shape index (κ1) is 13.5. The van der Waals surface area contributed by atoms with Crippen molar-refractivity contribution < 1.29 is 9.18 Å². The third-order valence-corrected chi connectivity index (χ3v) is 4.19. The predicted molar refractivity (Wildman–Crippen MR) is 70.3 cm³/mol. The molecule has 0 radical (unpaired) electrons. The fourth-order valence-electron chi connectivity index (χ4n) is 2.33. The number of nitrogens with one attached hydrogen (secondary N) is 1. The van der Waals surface area contributed by atoms with E-state index in [9.17, 15) is 9.18 Å². The second-order valence-electron chi connectivity index (χ2n) is 5.12. The Morgan fingerprint density at radius 3 is 2.78 bits per heavy atom. The summed E-state index contributed by atoms with van der Waals surface area (Å²) in [6.07, 6.45) is 1.88. The molecule has 1 aromatic carbocycles. The summed E-state index contributed by atoms with van der Waals surface area (Å²) in [4.78, 5) is 12.3. The van der Waals surface area contributed by atoms with Crippen LogP contribution in [0.15, 0.2) is 18.2 Å². The van der Waals surface area contributed by atoms with E-state index in [0.717, 1.165) is 25.9 Å². The molecule has 0 spiro atoms. The van der Waals surface area contributed by atoms with Crippen molar-refractivity contribution in [3.8, 4) is 0 Å². The number of hydrogen-bond acceptors (Lipinski definition) is 2. The number of carbonyl (C=O) groups excluding carboxylic acids is 1. The zero-order valence-electron chi connectivity index (χ0n) is 10.4. The van der Waals surface area contributed by atoms with Gasteiger partial charge in [0, 0.05) is 11.8 Å². The summed E-state index contributed by atoms with van der Waals surface area (Å²) in [5, 5.41) is 3.31. The molecule has 0 aromatic heterocycles. The molecule has 4 heteroatoms. The van der Waals surface area contributed by atoms with Crippen molar-refractivity contribution >= 4 is 17.4 Å². The molecule has 0 unspecified atom stereocenters. The molecule has 18 heavy (non-hydrogen) atoms. The van der Waals surface area contributed by atoms with Crippen molar-refractivity contribution in [2.75, 3.05) is 13.1 Å². The zero-order chi connectivity index (χ0) is 13.2. The van der Waals surface area contributed by atoms with Gasteiger partial charge in [-0.05, 0) is 37.6 Å². The number of rotatable bonds is 3. The standard InChI is InChI=1S/C14H17ClFNO/c1-14(5-7-17-8-6-14)12(18)9-10-3-2-4-11(16)13(10)15/h2-4,17H,5-9H2,1H3. The summed E-state index contributed by atoms with van der Waals surface area (Å²) in [5.41, 5.74) is 0.280. The highest BCUT2D eigenvalue weighted by Gasteiger charge is 2.34. The van der Waals surface area contributed by atoms with Crippen LogP contribution in [0.4, 0.5) is 4.39 Å². The third kappa shape index (κ3) is 2.73. The van der Waals surface area contributed by atoms with Crippen LogP contribution in [0.1, 0.15) is 25.3 Å². The maximum absolute atomic E-state index is 13.3. The molecule has 1 N–H and O–H groups in total. The van der Waals surface area contributed by atoms with E-state index in [1.165, 1.54) is 6.07 Å². The van der Waals surface area contributed by atoms with Crippen molar-refractivity contribution in [3.63, 3.8) is 0 Å². The average molecular weight is 270 g/mol. The van der Waals surface area contributed by atoms with Gasteiger partial charge in [0.15, 0.2) is 0 Å². The Balaban J connectivity index is 2.13. The van der Waals surface area contributed by atoms with Gasteiger partial charge in [0.1, 0.15) is 11.6 Å². The summed E-state index contributed by atoms with van der Waals surface area (Å²) in [6, 6.07) is 4.62. The molecule has 1 aromatic rings. The van der Waals surface area contributed by atoms with Gasteiger partial charge in [-0.25, -0.2) is 4.39 Å². The molecule has 2 rings (SSSR count). The van der Waals surface area contributed by atoms with Crippen LogP contribution in [0.3, 0.4) is 0 Å². The van der Waals surface area contributed by atoms with E-state index >= 15 is 0 Å². The van der Waals surface area contributed by atoms with E-state index < -0.39 is 5.82 Å². The highest BCUT2D eigenvalue weighted by atomic mass is 35.5. The molecule has 1 aliphatic heterocycles.